The van der Waals surface area contributed by atoms with Crippen LogP contribution < -0.4 is 10.2 Å². The lowest BCUT2D eigenvalue weighted by molar-refractivity contribution is 0.346. The number of thiazole rings is 1. The zero-order chi connectivity index (χ0) is 15.2. The van der Waals surface area contributed by atoms with Crippen molar-refractivity contribution in [2.45, 2.75) is 46.1 Å². The van der Waals surface area contributed by atoms with Crippen LogP contribution in [0.3, 0.4) is 0 Å². The number of nitrogens with one attached hydrogen (secondary N) is 1. The van der Waals surface area contributed by atoms with Crippen molar-refractivity contribution in [1.29, 1.82) is 0 Å². The molecular weight excluding hydrogens is 280 g/mol. The van der Waals surface area contributed by atoms with Crippen molar-refractivity contribution in [2.75, 3.05) is 44.7 Å². The van der Waals surface area contributed by atoms with Gasteiger partial charge in [-0.3, -0.25) is 0 Å². The normalized spacial score (nSPS) is 17.3. The quantitative estimate of drug-likeness (QED) is 0.800. The van der Waals surface area contributed by atoms with Crippen molar-refractivity contribution in [1.82, 2.24) is 15.2 Å². The molecule has 0 bridgehead atoms. The molecule has 2 heterocycles. The molecule has 1 saturated heterocycles. The maximum Gasteiger partial charge on any atom is 0.185 e. The lowest BCUT2D eigenvalue weighted by Gasteiger charge is -2.20. The van der Waals surface area contributed by atoms with Crippen LogP contribution in [0.4, 0.5) is 5.13 Å². The van der Waals surface area contributed by atoms with Crippen LogP contribution >= 0.6 is 11.3 Å². The van der Waals surface area contributed by atoms with E-state index in [1.807, 2.05) is 11.3 Å². The third kappa shape index (κ3) is 4.66. The first-order chi connectivity index (χ1) is 10.1. The summed E-state index contributed by atoms with van der Waals surface area (Å²) in [6.45, 7) is 12.4. The molecule has 21 heavy (non-hydrogen) atoms. The van der Waals surface area contributed by atoms with E-state index in [4.69, 9.17) is 4.98 Å². The number of likely N-dealkylation sites (tertiary alicyclic amines) is 1. The zero-order valence-electron chi connectivity index (χ0n) is 14.0. The van der Waals surface area contributed by atoms with Crippen molar-refractivity contribution in [3.8, 4) is 0 Å². The third-order valence-corrected chi connectivity index (χ3v) is 5.65. The van der Waals surface area contributed by atoms with Crippen LogP contribution in [0.15, 0.2) is 0 Å². The molecule has 0 spiro atoms. The number of anilines is 1. The van der Waals surface area contributed by atoms with Crippen LogP contribution in [0.1, 0.15) is 49.7 Å². The van der Waals surface area contributed by atoms with Gasteiger partial charge >= 0.3 is 0 Å². The monoisotopic (exact) mass is 310 g/mol. The summed E-state index contributed by atoms with van der Waals surface area (Å²) in [4.78, 5) is 11.0. The number of hydrogen-bond donors (Lipinski definition) is 1. The van der Waals surface area contributed by atoms with E-state index in [2.05, 4.69) is 42.9 Å². The first-order valence-electron chi connectivity index (χ1n) is 8.26. The Bertz CT molecular complexity index is 426. The summed E-state index contributed by atoms with van der Waals surface area (Å²) in [7, 11) is 2.17. The van der Waals surface area contributed by atoms with Crippen molar-refractivity contribution in [3.05, 3.63) is 10.6 Å². The molecule has 1 unspecified atom stereocenters. The van der Waals surface area contributed by atoms with Gasteiger partial charge in [0.1, 0.15) is 0 Å². The van der Waals surface area contributed by atoms with Gasteiger partial charge in [0.05, 0.1) is 5.69 Å². The Morgan fingerprint density at radius 2 is 2.10 bits per heavy atom. The summed E-state index contributed by atoms with van der Waals surface area (Å²) in [6, 6.07) is 0.406. The molecule has 0 saturated carbocycles. The summed E-state index contributed by atoms with van der Waals surface area (Å²) in [5, 5.41) is 4.72. The van der Waals surface area contributed by atoms with Crippen molar-refractivity contribution in [3.63, 3.8) is 0 Å². The van der Waals surface area contributed by atoms with Gasteiger partial charge in [0.25, 0.3) is 0 Å². The summed E-state index contributed by atoms with van der Waals surface area (Å²) < 4.78 is 0. The van der Waals surface area contributed by atoms with Gasteiger partial charge in [0.2, 0.25) is 0 Å². The molecule has 4 nitrogen and oxygen atoms in total. The second-order valence-corrected chi connectivity index (χ2v) is 7.10. The van der Waals surface area contributed by atoms with Crippen LogP contribution in [0.5, 0.6) is 0 Å². The molecule has 0 aromatic carbocycles. The SMILES string of the molecule is CCCNC(C)c1sc(N(C)CCN2CCCC2)nc1C. The Kier molecular flexibility index (Phi) is 6.45. The molecular formula is C16H30N4S. The molecule has 1 N–H and O–H groups in total. The van der Waals surface area contributed by atoms with E-state index in [1.54, 1.807) is 0 Å². The Morgan fingerprint density at radius 3 is 2.76 bits per heavy atom. The fourth-order valence-corrected chi connectivity index (χ4v) is 3.89. The molecule has 2 rings (SSSR count). The van der Waals surface area contributed by atoms with Crippen LogP contribution in [-0.2, 0) is 0 Å². The molecule has 1 aromatic rings. The van der Waals surface area contributed by atoms with Gasteiger partial charge < -0.3 is 15.1 Å². The highest BCUT2D eigenvalue weighted by Gasteiger charge is 2.17. The smallest absolute Gasteiger partial charge is 0.185 e. The fraction of sp³-hybridized carbons (Fsp3) is 0.812. The minimum Gasteiger partial charge on any atom is -0.350 e. The maximum absolute atomic E-state index is 4.77. The second kappa shape index (κ2) is 8.11. The number of aryl methyl sites for hydroxylation is 1. The van der Waals surface area contributed by atoms with E-state index in [1.165, 1.54) is 42.9 Å². The Hall–Kier alpha value is -0.650. The number of rotatable bonds is 8. The standard InChI is InChI=1S/C16H30N4S/c1-5-8-17-13(2)15-14(3)18-16(21-15)19(4)11-12-20-9-6-7-10-20/h13,17H,5-12H2,1-4H3. The number of aromatic nitrogens is 1. The Balaban J connectivity index is 1.90. The van der Waals surface area contributed by atoms with Gasteiger partial charge in [0, 0.05) is 31.1 Å². The van der Waals surface area contributed by atoms with Gasteiger partial charge in [-0.25, -0.2) is 4.98 Å². The lowest BCUT2D eigenvalue weighted by Crippen LogP contribution is -2.31. The molecule has 1 aromatic heterocycles. The highest BCUT2D eigenvalue weighted by molar-refractivity contribution is 7.15. The topological polar surface area (TPSA) is 31.4 Å². The number of hydrogen-bond acceptors (Lipinski definition) is 5. The third-order valence-electron chi connectivity index (χ3n) is 4.19. The first kappa shape index (κ1) is 16.7. The molecule has 0 radical (unpaired) electrons. The van der Waals surface area contributed by atoms with E-state index in [0.717, 1.165) is 24.8 Å². The van der Waals surface area contributed by atoms with Gasteiger partial charge in [0.15, 0.2) is 5.13 Å². The lowest BCUT2D eigenvalue weighted by atomic mass is 10.2. The Labute approximate surface area is 133 Å². The number of nitrogens with zero attached hydrogens (tertiary/aromatic N) is 3. The second-order valence-electron chi connectivity index (χ2n) is 6.09. The molecule has 1 aliphatic heterocycles. The van der Waals surface area contributed by atoms with Crippen molar-refractivity contribution in [2.24, 2.45) is 0 Å². The average Bonchev–Trinajstić information content (AvgIpc) is 3.11. The molecule has 1 atom stereocenters. The minimum atomic E-state index is 0.406. The predicted octanol–water partition coefficient (Wildman–Crippen LogP) is 3.04. The molecule has 5 heteroatoms. The van der Waals surface area contributed by atoms with E-state index in [9.17, 15) is 0 Å². The van der Waals surface area contributed by atoms with Gasteiger partial charge in [-0.1, -0.05) is 6.92 Å². The Morgan fingerprint density at radius 1 is 1.38 bits per heavy atom. The average molecular weight is 311 g/mol. The minimum absolute atomic E-state index is 0.406. The summed E-state index contributed by atoms with van der Waals surface area (Å²) in [5.74, 6) is 0. The van der Waals surface area contributed by atoms with E-state index in [0.29, 0.717) is 6.04 Å². The van der Waals surface area contributed by atoms with Crippen molar-refractivity contribution < 1.29 is 0 Å². The van der Waals surface area contributed by atoms with E-state index in [-0.39, 0.29) is 0 Å². The summed E-state index contributed by atoms with van der Waals surface area (Å²) in [6.07, 6.45) is 3.90. The van der Waals surface area contributed by atoms with Gasteiger partial charge in [-0.05, 0) is 52.7 Å². The van der Waals surface area contributed by atoms with Gasteiger partial charge in [-0.2, -0.15) is 0 Å². The predicted molar refractivity (Wildman–Crippen MR) is 92.5 cm³/mol. The zero-order valence-corrected chi connectivity index (χ0v) is 14.8. The molecule has 0 aliphatic carbocycles. The number of likely N-dealkylation sites (N-methyl/N-ethyl adjacent to an activating group) is 1. The highest BCUT2D eigenvalue weighted by atomic mass is 32.1. The van der Waals surface area contributed by atoms with Gasteiger partial charge in [-0.15, -0.1) is 11.3 Å². The fourth-order valence-electron chi connectivity index (χ4n) is 2.81. The molecule has 0 amide bonds. The van der Waals surface area contributed by atoms with E-state index < -0.39 is 0 Å². The van der Waals surface area contributed by atoms with Crippen LogP contribution in [0.2, 0.25) is 0 Å². The largest absolute Gasteiger partial charge is 0.350 e. The van der Waals surface area contributed by atoms with Crippen LogP contribution in [-0.4, -0.2) is 49.7 Å². The highest BCUT2D eigenvalue weighted by Crippen LogP contribution is 2.30. The molecule has 1 aliphatic rings. The summed E-state index contributed by atoms with van der Waals surface area (Å²) >= 11 is 1.84. The summed E-state index contributed by atoms with van der Waals surface area (Å²) in [5.41, 5.74) is 1.18. The molecule has 1 fully saturated rings. The van der Waals surface area contributed by atoms with Crippen LogP contribution in [0, 0.1) is 6.92 Å². The van der Waals surface area contributed by atoms with Crippen molar-refractivity contribution >= 4 is 16.5 Å². The first-order valence-corrected chi connectivity index (χ1v) is 9.07. The van der Waals surface area contributed by atoms with Crippen LogP contribution in [0.25, 0.3) is 0 Å². The maximum atomic E-state index is 4.77. The van der Waals surface area contributed by atoms with E-state index >= 15 is 0 Å². The molecule has 120 valence electrons.